The van der Waals surface area contributed by atoms with E-state index in [2.05, 4.69) is 29.7 Å². The van der Waals surface area contributed by atoms with Crippen molar-refractivity contribution < 1.29 is 18.9 Å². The molecule has 0 fully saturated rings. The second-order valence-electron chi connectivity index (χ2n) is 13.9. The smallest absolute Gasteiger partial charge is 0.165 e. The zero-order valence-corrected chi connectivity index (χ0v) is 33.9. The molecule has 0 aliphatic carbocycles. The number of para-hydroxylation sites is 5. The molecule has 60 heavy (non-hydrogen) atoms. The van der Waals surface area contributed by atoms with Gasteiger partial charge in [-0.1, -0.05) is 50.2 Å². The standard InChI is InChI=1S/C23H20N4O2.C22H19N5O2.C2H6/c1-27(14-17-15-28-20-10-4-5-11-21(20)29-17)23-18-8-2-3-9-19(18)25-22(26-23)16-7-6-12-24-13-16;1-27(13-16-14-28-18-8-2-3-9-19(18)29-16)22-17-7-5-11-24-21(17)25-20(26-22)15-6-4-10-23-12-15;1-2/h2-13,17H,14-15H2,1H3;2-12,16H,13-14H2,1H3;1-2H3/t17-;16-;/m10./s1. The predicted molar refractivity (Wildman–Crippen MR) is 234 cm³/mol. The molecular weight excluding hydrogens is 755 g/mol. The first-order valence-corrected chi connectivity index (χ1v) is 20.0. The number of ether oxygens (including phenoxy) is 4. The Morgan fingerprint density at radius 2 is 1.00 bits per heavy atom. The summed E-state index contributed by atoms with van der Waals surface area (Å²) in [7, 11) is 4.01. The molecule has 302 valence electrons. The van der Waals surface area contributed by atoms with Crippen LogP contribution in [0.3, 0.4) is 0 Å². The van der Waals surface area contributed by atoms with E-state index in [4.69, 9.17) is 33.9 Å². The number of hydrogen-bond acceptors (Lipinski definition) is 13. The Labute approximate surface area is 348 Å². The van der Waals surface area contributed by atoms with Crippen molar-refractivity contribution in [3.05, 3.63) is 140 Å². The van der Waals surface area contributed by atoms with Crippen molar-refractivity contribution in [1.29, 1.82) is 0 Å². The van der Waals surface area contributed by atoms with E-state index >= 15 is 0 Å². The third-order valence-corrected chi connectivity index (χ3v) is 9.69. The summed E-state index contributed by atoms with van der Waals surface area (Å²) in [5, 5.41) is 1.89. The van der Waals surface area contributed by atoms with Gasteiger partial charge in [-0.3, -0.25) is 9.97 Å². The van der Waals surface area contributed by atoms with Crippen molar-refractivity contribution in [2.24, 2.45) is 0 Å². The van der Waals surface area contributed by atoms with Crippen LogP contribution in [0.1, 0.15) is 13.8 Å². The molecule has 0 N–H and O–H groups in total. The molecule has 2 aliphatic heterocycles. The lowest BCUT2D eigenvalue weighted by atomic mass is 10.2. The van der Waals surface area contributed by atoms with E-state index < -0.39 is 0 Å². The number of likely N-dealkylation sites (N-methyl/N-ethyl adjacent to an activating group) is 2. The van der Waals surface area contributed by atoms with Gasteiger partial charge in [0.2, 0.25) is 0 Å². The molecule has 0 saturated heterocycles. The maximum absolute atomic E-state index is 6.13. The van der Waals surface area contributed by atoms with Gasteiger partial charge < -0.3 is 28.7 Å². The van der Waals surface area contributed by atoms with Crippen LogP contribution in [0.2, 0.25) is 0 Å². The molecular formula is C47H45N9O4. The topological polar surface area (TPSA) is 134 Å². The van der Waals surface area contributed by atoms with Crippen LogP contribution >= 0.6 is 0 Å². The van der Waals surface area contributed by atoms with Crippen LogP contribution in [0.15, 0.2) is 140 Å². The number of benzene rings is 3. The lowest BCUT2D eigenvalue weighted by Gasteiger charge is -2.30. The number of aromatic nitrogens is 7. The van der Waals surface area contributed by atoms with E-state index in [1.807, 2.05) is 137 Å². The third-order valence-electron chi connectivity index (χ3n) is 9.69. The van der Waals surface area contributed by atoms with Gasteiger partial charge in [-0.2, -0.15) is 0 Å². The SMILES string of the molecule is CC.CN(C[C@@H]1COc2ccccc2O1)c1nc(-c2cccnc2)nc2ccccc12.CN(C[C@H]1COc2ccccc2O1)c1nc(-c2cccnc2)nc2ncccc12. The van der Waals surface area contributed by atoms with Crippen LogP contribution in [0, 0.1) is 0 Å². The summed E-state index contributed by atoms with van der Waals surface area (Å²) in [4.78, 5) is 36.0. The van der Waals surface area contributed by atoms with Crippen LogP contribution in [0.4, 0.5) is 11.6 Å². The van der Waals surface area contributed by atoms with Crippen LogP contribution in [-0.4, -0.2) is 87.5 Å². The fourth-order valence-corrected chi connectivity index (χ4v) is 6.93. The maximum Gasteiger partial charge on any atom is 0.165 e. The van der Waals surface area contributed by atoms with E-state index in [-0.39, 0.29) is 12.2 Å². The molecule has 13 heteroatoms. The Bertz CT molecular complexity index is 2490. The first-order valence-electron chi connectivity index (χ1n) is 20.0. The van der Waals surface area contributed by atoms with Crippen LogP contribution in [-0.2, 0) is 0 Å². The van der Waals surface area contributed by atoms with Gasteiger partial charge >= 0.3 is 0 Å². The summed E-state index contributed by atoms with van der Waals surface area (Å²) < 4.78 is 24.0. The van der Waals surface area contributed by atoms with Crippen molar-refractivity contribution in [1.82, 2.24) is 34.9 Å². The van der Waals surface area contributed by atoms with Gasteiger partial charge in [-0.15, -0.1) is 0 Å². The quantitative estimate of drug-likeness (QED) is 0.146. The minimum atomic E-state index is -0.113. The molecule has 10 rings (SSSR count). The summed E-state index contributed by atoms with van der Waals surface area (Å²) in [6.45, 7) is 6.24. The minimum Gasteiger partial charge on any atom is -0.486 e. The second-order valence-corrected chi connectivity index (χ2v) is 13.9. The van der Waals surface area contributed by atoms with E-state index in [1.54, 1.807) is 31.0 Å². The van der Waals surface area contributed by atoms with Gasteiger partial charge in [0.05, 0.1) is 24.0 Å². The van der Waals surface area contributed by atoms with Crippen LogP contribution < -0.4 is 28.7 Å². The molecule has 7 heterocycles. The molecule has 0 unspecified atom stereocenters. The molecule has 2 atom stereocenters. The van der Waals surface area contributed by atoms with Crippen molar-refractivity contribution in [2.45, 2.75) is 26.1 Å². The van der Waals surface area contributed by atoms with Crippen LogP contribution in [0.5, 0.6) is 23.0 Å². The zero-order chi connectivity index (χ0) is 41.3. The molecule has 0 saturated carbocycles. The van der Waals surface area contributed by atoms with Crippen molar-refractivity contribution in [3.8, 4) is 45.8 Å². The average molecular weight is 800 g/mol. The van der Waals surface area contributed by atoms with E-state index in [0.717, 1.165) is 62.0 Å². The highest BCUT2D eigenvalue weighted by atomic mass is 16.6. The number of nitrogens with zero attached hydrogens (tertiary/aromatic N) is 9. The second kappa shape index (κ2) is 18.5. The van der Waals surface area contributed by atoms with Gasteiger partial charge in [0.15, 0.2) is 52.5 Å². The van der Waals surface area contributed by atoms with Gasteiger partial charge in [0, 0.05) is 61.6 Å². The zero-order valence-electron chi connectivity index (χ0n) is 33.9. The van der Waals surface area contributed by atoms with E-state index in [9.17, 15) is 0 Å². The van der Waals surface area contributed by atoms with Crippen molar-refractivity contribution in [3.63, 3.8) is 0 Å². The molecule has 0 radical (unpaired) electrons. The largest absolute Gasteiger partial charge is 0.486 e. The Morgan fingerprint density at radius 1 is 0.517 bits per heavy atom. The fourth-order valence-electron chi connectivity index (χ4n) is 6.93. The summed E-state index contributed by atoms with van der Waals surface area (Å²) in [6.07, 6.45) is 8.54. The molecule has 2 aliphatic rings. The molecule has 5 aromatic heterocycles. The van der Waals surface area contributed by atoms with E-state index in [0.29, 0.717) is 43.6 Å². The average Bonchev–Trinajstić information content (AvgIpc) is 3.32. The molecule has 0 bridgehead atoms. The Kier molecular flexibility index (Phi) is 12.1. The first kappa shape index (κ1) is 39.4. The van der Waals surface area contributed by atoms with Crippen molar-refractivity contribution in [2.75, 3.05) is 50.2 Å². The summed E-state index contributed by atoms with van der Waals surface area (Å²) in [6, 6.07) is 35.1. The number of rotatable bonds is 8. The van der Waals surface area contributed by atoms with Gasteiger partial charge in [0.25, 0.3) is 0 Å². The highest BCUT2D eigenvalue weighted by Gasteiger charge is 2.25. The highest BCUT2D eigenvalue weighted by Crippen LogP contribution is 2.34. The third kappa shape index (κ3) is 8.85. The number of fused-ring (bicyclic) bond motifs is 4. The van der Waals surface area contributed by atoms with E-state index in [1.165, 1.54) is 0 Å². The first-order chi connectivity index (χ1) is 29.6. The van der Waals surface area contributed by atoms with Gasteiger partial charge in [-0.05, 0) is 72.8 Å². The molecule has 13 nitrogen and oxygen atoms in total. The molecule has 8 aromatic rings. The Hall–Kier alpha value is -7.41. The Balaban J connectivity index is 0.000000160. The molecule has 3 aromatic carbocycles. The van der Waals surface area contributed by atoms with Gasteiger partial charge in [-0.25, -0.2) is 24.9 Å². The number of hydrogen-bond donors (Lipinski definition) is 0. The summed E-state index contributed by atoms with van der Waals surface area (Å²) in [5.74, 6) is 6.02. The maximum atomic E-state index is 6.13. The lowest BCUT2D eigenvalue weighted by Crippen LogP contribution is -2.39. The minimum absolute atomic E-state index is 0.0922. The Morgan fingerprint density at radius 3 is 1.57 bits per heavy atom. The number of pyridine rings is 3. The fraction of sp³-hybridized carbons (Fsp3) is 0.213. The van der Waals surface area contributed by atoms with Crippen molar-refractivity contribution >= 4 is 33.6 Å². The lowest BCUT2D eigenvalue weighted by molar-refractivity contribution is 0.0959. The predicted octanol–water partition coefficient (Wildman–Crippen LogP) is 8.36. The molecule has 0 spiro atoms. The van der Waals surface area contributed by atoms with Crippen LogP contribution in [0.25, 0.3) is 44.7 Å². The summed E-state index contributed by atoms with van der Waals surface area (Å²) >= 11 is 0. The van der Waals surface area contributed by atoms with Gasteiger partial charge in [0.1, 0.15) is 24.8 Å². The highest BCUT2D eigenvalue weighted by molar-refractivity contribution is 5.91. The normalized spacial score (nSPS) is 14.9. The monoisotopic (exact) mass is 799 g/mol. The number of anilines is 2. The summed E-state index contributed by atoms with van der Waals surface area (Å²) in [5.41, 5.74) is 3.28. The molecule has 0 amide bonds.